The average Bonchev–Trinajstić information content (AvgIpc) is 3.00. The minimum atomic E-state index is -2.61. The maximum Gasteiger partial charge on any atom is 0.364 e. The highest BCUT2D eigenvalue weighted by Crippen LogP contribution is 2.45. The van der Waals surface area contributed by atoms with E-state index in [2.05, 4.69) is 0 Å². The van der Waals surface area contributed by atoms with Crippen molar-refractivity contribution >= 4 is 29.0 Å². The summed E-state index contributed by atoms with van der Waals surface area (Å²) < 4.78 is 9.81. The van der Waals surface area contributed by atoms with Gasteiger partial charge < -0.3 is 24.8 Å². The molecule has 0 fully saturated rings. The number of amides is 1. The number of phenols is 2. The predicted molar refractivity (Wildman–Crippen MR) is 108 cm³/mol. The van der Waals surface area contributed by atoms with Gasteiger partial charge in [-0.05, 0) is 35.4 Å². The Labute approximate surface area is 177 Å². The summed E-state index contributed by atoms with van der Waals surface area (Å²) in [6, 6.07) is 11.1. The summed E-state index contributed by atoms with van der Waals surface area (Å²) in [5.74, 6) is -2.69. The van der Waals surface area contributed by atoms with E-state index < -0.39 is 30.3 Å². The number of benzene rings is 2. The molecule has 0 aromatic heterocycles. The van der Waals surface area contributed by atoms with Gasteiger partial charge in [-0.25, -0.2) is 4.79 Å². The highest BCUT2D eigenvalue weighted by Gasteiger charge is 2.58. The van der Waals surface area contributed by atoms with E-state index in [1.54, 1.807) is 6.92 Å². The van der Waals surface area contributed by atoms with E-state index in [1.807, 2.05) is 0 Å². The normalized spacial score (nSPS) is 18.3. The standard InChI is InChI=1S/C22H21NO8/c1-3-17(26)31-12-23-20(27)18(13-4-8-15(24)9-5-13)19(22(23,29)21(28)30-2)14-6-10-16(25)11-7-14/h4-11,24-25,29H,3,12H2,1-2H3/t22-/m1/s1. The van der Waals surface area contributed by atoms with Crippen LogP contribution in [0.1, 0.15) is 24.5 Å². The van der Waals surface area contributed by atoms with Crippen LogP contribution >= 0.6 is 0 Å². The van der Waals surface area contributed by atoms with Gasteiger partial charge in [0.05, 0.1) is 12.7 Å². The van der Waals surface area contributed by atoms with Crippen molar-refractivity contribution in [3.05, 3.63) is 59.7 Å². The summed E-state index contributed by atoms with van der Waals surface area (Å²) in [7, 11) is 1.05. The first kappa shape index (κ1) is 21.8. The monoisotopic (exact) mass is 427 g/mol. The SMILES string of the molecule is CCC(=O)OCN1C(=O)C(c2ccc(O)cc2)=C(c2ccc(O)cc2)[C@@]1(O)C(=O)OC. The van der Waals surface area contributed by atoms with Crippen LogP contribution in [0, 0.1) is 0 Å². The molecular weight excluding hydrogens is 406 g/mol. The number of aromatic hydroxyl groups is 2. The van der Waals surface area contributed by atoms with E-state index in [-0.39, 0.29) is 34.6 Å². The Morgan fingerprint density at radius 2 is 1.48 bits per heavy atom. The molecule has 3 rings (SSSR count). The fourth-order valence-corrected chi connectivity index (χ4v) is 3.31. The van der Waals surface area contributed by atoms with E-state index in [0.717, 1.165) is 7.11 Å². The number of hydrogen-bond donors (Lipinski definition) is 3. The first-order chi connectivity index (χ1) is 14.7. The van der Waals surface area contributed by atoms with Gasteiger partial charge >= 0.3 is 11.9 Å². The van der Waals surface area contributed by atoms with Crippen LogP contribution in [0.4, 0.5) is 0 Å². The molecule has 0 bridgehead atoms. The van der Waals surface area contributed by atoms with Gasteiger partial charge in [0.15, 0.2) is 6.73 Å². The summed E-state index contributed by atoms with van der Waals surface area (Å²) in [6.07, 6.45) is 0.0295. The second-order valence-electron chi connectivity index (χ2n) is 6.74. The number of rotatable bonds is 6. The zero-order chi connectivity index (χ0) is 22.8. The van der Waals surface area contributed by atoms with Crippen LogP contribution in [-0.2, 0) is 23.9 Å². The minimum Gasteiger partial charge on any atom is -0.508 e. The molecule has 0 saturated heterocycles. The molecule has 2 aromatic rings. The van der Waals surface area contributed by atoms with Gasteiger partial charge in [-0.3, -0.25) is 14.5 Å². The first-order valence-corrected chi connectivity index (χ1v) is 9.36. The molecule has 0 spiro atoms. The Bertz CT molecular complexity index is 1040. The van der Waals surface area contributed by atoms with Crippen LogP contribution in [0.5, 0.6) is 11.5 Å². The lowest BCUT2D eigenvalue weighted by molar-refractivity contribution is -0.186. The van der Waals surface area contributed by atoms with Crippen LogP contribution in [0.15, 0.2) is 48.5 Å². The summed E-state index contributed by atoms with van der Waals surface area (Å²) in [5, 5.41) is 30.8. The van der Waals surface area contributed by atoms with E-state index in [9.17, 15) is 29.7 Å². The zero-order valence-corrected chi connectivity index (χ0v) is 16.9. The third kappa shape index (κ3) is 3.82. The zero-order valence-electron chi connectivity index (χ0n) is 16.9. The number of phenolic OH excluding ortho intramolecular Hbond substituents is 2. The lowest BCUT2D eigenvalue weighted by Crippen LogP contribution is -2.55. The van der Waals surface area contributed by atoms with Crippen molar-refractivity contribution in [2.24, 2.45) is 0 Å². The molecule has 1 aliphatic rings. The van der Waals surface area contributed by atoms with E-state index >= 15 is 0 Å². The quantitative estimate of drug-likeness (QED) is 0.592. The summed E-state index contributed by atoms with van der Waals surface area (Å²) >= 11 is 0. The van der Waals surface area contributed by atoms with Crippen LogP contribution in [0.2, 0.25) is 0 Å². The fourth-order valence-electron chi connectivity index (χ4n) is 3.31. The van der Waals surface area contributed by atoms with E-state index in [1.165, 1.54) is 48.5 Å². The van der Waals surface area contributed by atoms with Gasteiger partial charge in [0.1, 0.15) is 11.5 Å². The number of ether oxygens (including phenoxy) is 2. The second kappa shape index (κ2) is 8.49. The largest absolute Gasteiger partial charge is 0.508 e. The van der Waals surface area contributed by atoms with Gasteiger partial charge in [0.2, 0.25) is 0 Å². The number of hydrogen-bond acceptors (Lipinski definition) is 8. The average molecular weight is 427 g/mol. The molecule has 9 nitrogen and oxygen atoms in total. The third-order valence-corrected chi connectivity index (χ3v) is 4.87. The van der Waals surface area contributed by atoms with Crippen molar-refractivity contribution in [1.29, 1.82) is 0 Å². The molecule has 31 heavy (non-hydrogen) atoms. The van der Waals surface area contributed by atoms with E-state index in [0.29, 0.717) is 10.5 Å². The topological polar surface area (TPSA) is 134 Å². The smallest absolute Gasteiger partial charge is 0.364 e. The van der Waals surface area contributed by atoms with Crippen LogP contribution in [-0.4, -0.2) is 57.6 Å². The van der Waals surface area contributed by atoms with Crippen LogP contribution < -0.4 is 0 Å². The van der Waals surface area contributed by atoms with Gasteiger partial charge in [0.25, 0.3) is 11.6 Å². The molecule has 1 amide bonds. The Morgan fingerprint density at radius 3 is 1.97 bits per heavy atom. The molecular formula is C22H21NO8. The second-order valence-corrected chi connectivity index (χ2v) is 6.74. The molecule has 0 radical (unpaired) electrons. The van der Waals surface area contributed by atoms with Gasteiger partial charge in [0, 0.05) is 12.0 Å². The molecule has 9 heteroatoms. The lowest BCUT2D eigenvalue weighted by Gasteiger charge is -2.32. The molecule has 0 aliphatic carbocycles. The molecule has 1 atom stereocenters. The van der Waals surface area contributed by atoms with Crippen molar-refractivity contribution < 1.29 is 39.2 Å². The molecule has 3 N–H and O–H groups in total. The molecule has 2 aromatic carbocycles. The van der Waals surface area contributed by atoms with Crippen molar-refractivity contribution in [3.63, 3.8) is 0 Å². The highest BCUT2D eigenvalue weighted by molar-refractivity contribution is 6.34. The summed E-state index contributed by atoms with van der Waals surface area (Å²) in [4.78, 5) is 38.5. The van der Waals surface area contributed by atoms with Crippen LogP contribution in [0.3, 0.4) is 0 Å². The molecule has 0 unspecified atom stereocenters. The molecule has 1 aliphatic heterocycles. The first-order valence-electron chi connectivity index (χ1n) is 9.36. The maximum atomic E-state index is 13.4. The molecule has 0 saturated carbocycles. The summed E-state index contributed by atoms with van der Waals surface area (Å²) in [5.41, 5.74) is -2.21. The van der Waals surface area contributed by atoms with Gasteiger partial charge in [-0.1, -0.05) is 31.2 Å². The maximum absolute atomic E-state index is 13.4. The number of aliphatic hydroxyl groups is 1. The lowest BCUT2D eigenvalue weighted by atomic mass is 9.90. The van der Waals surface area contributed by atoms with E-state index in [4.69, 9.17) is 9.47 Å². The van der Waals surface area contributed by atoms with Gasteiger partial charge in [-0.2, -0.15) is 0 Å². The van der Waals surface area contributed by atoms with Crippen molar-refractivity contribution in [2.75, 3.05) is 13.8 Å². The fraction of sp³-hybridized carbons (Fsp3) is 0.227. The van der Waals surface area contributed by atoms with Crippen molar-refractivity contribution in [3.8, 4) is 11.5 Å². The number of carbonyl (C=O) groups is 3. The predicted octanol–water partition coefficient (Wildman–Crippen LogP) is 1.62. The Balaban J connectivity index is 2.26. The Hall–Kier alpha value is -3.85. The highest BCUT2D eigenvalue weighted by atomic mass is 16.6. The molecule has 162 valence electrons. The number of methoxy groups -OCH3 is 1. The van der Waals surface area contributed by atoms with Crippen molar-refractivity contribution in [2.45, 2.75) is 19.1 Å². The van der Waals surface area contributed by atoms with Gasteiger partial charge in [-0.15, -0.1) is 0 Å². The minimum absolute atomic E-state index is 0.0295. The Morgan fingerprint density at radius 1 is 0.968 bits per heavy atom. The number of esters is 2. The Kier molecular flexibility index (Phi) is 5.98. The third-order valence-electron chi connectivity index (χ3n) is 4.87. The number of carbonyl (C=O) groups excluding carboxylic acids is 3. The summed E-state index contributed by atoms with van der Waals surface area (Å²) in [6.45, 7) is 0.864. The van der Waals surface area contributed by atoms with Crippen LogP contribution in [0.25, 0.3) is 11.1 Å². The molecule has 1 heterocycles. The number of nitrogens with zero attached hydrogens (tertiary/aromatic N) is 1. The van der Waals surface area contributed by atoms with Crippen molar-refractivity contribution in [1.82, 2.24) is 4.90 Å².